The highest BCUT2D eigenvalue weighted by molar-refractivity contribution is 4.74. The maximum Gasteiger partial charge on any atom is 0.0593 e. The molecule has 2 unspecified atom stereocenters. The molecular formula is C11H24N2O. The van der Waals surface area contributed by atoms with Crippen LogP contribution in [0, 0.1) is 5.92 Å². The number of ether oxygens (including phenoxy) is 1. The van der Waals surface area contributed by atoms with Gasteiger partial charge in [0.05, 0.1) is 6.61 Å². The predicted octanol–water partition coefficient (Wildman–Crippen LogP) is 1.08. The van der Waals surface area contributed by atoms with Crippen LogP contribution in [0.15, 0.2) is 0 Å². The van der Waals surface area contributed by atoms with Crippen molar-refractivity contribution in [3.05, 3.63) is 0 Å². The fraction of sp³-hybridized carbons (Fsp3) is 1.00. The molecule has 0 amide bonds. The van der Waals surface area contributed by atoms with Gasteiger partial charge in [-0.05, 0) is 12.3 Å². The SMILES string of the molecule is CCC(C)C(N)CN1CCCOCC1. The third kappa shape index (κ3) is 3.95. The zero-order chi connectivity index (χ0) is 10.4. The van der Waals surface area contributed by atoms with E-state index in [-0.39, 0.29) is 0 Å². The molecule has 2 N–H and O–H groups in total. The van der Waals surface area contributed by atoms with E-state index in [4.69, 9.17) is 10.5 Å². The fourth-order valence-electron chi connectivity index (χ4n) is 1.76. The van der Waals surface area contributed by atoms with E-state index in [1.54, 1.807) is 0 Å². The summed E-state index contributed by atoms with van der Waals surface area (Å²) in [5.74, 6) is 0.624. The maximum absolute atomic E-state index is 6.13. The first-order valence-corrected chi connectivity index (χ1v) is 5.79. The Morgan fingerprint density at radius 1 is 1.36 bits per heavy atom. The van der Waals surface area contributed by atoms with E-state index in [1.807, 2.05) is 0 Å². The van der Waals surface area contributed by atoms with Crippen molar-refractivity contribution in [2.24, 2.45) is 11.7 Å². The van der Waals surface area contributed by atoms with Gasteiger partial charge < -0.3 is 10.5 Å². The van der Waals surface area contributed by atoms with Crippen LogP contribution in [0.5, 0.6) is 0 Å². The standard InChI is InChI=1S/C11H24N2O/c1-3-10(2)11(12)9-13-5-4-7-14-8-6-13/h10-11H,3-9,12H2,1-2H3. The Hall–Kier alpha value is -0.120. The van der Waals surface area contributed by atoms with Gasteiger partial charge in [0.2, 0.25) is 0 Å². The number of hydrogen-bond acceptors (Lipinski definition) is 3. The van der Waals surface area contributed by atoms with Crippen LogP contribution < -0.4 is 5.73 Å². The molecule has 84 valence electrons. The molecule has 0 spiro atoms. The lowest BCUT2D eigenvalue weighted by atomic mass is 9.99. The quantitative estimate of drug-likeness (QED) is 0.738. The topological polar surface area (TPSA) is 38.5 Å². The van der Waals surface area contributed by atoms with E-state index in [0.29, 0.717) is 12.0 Å². The van der Waals surface area contributed by atoms with Gasteiger partial charge >= 0.3 is 0 Å². The van der Waals surface area contributed by atoms with Crippen molar-refractivity contribution in [1.82, 2.24) is 4.90 Å². The highest BCUT2D eigenvalue weighted by atomic mass is 16.5. The summed E-state index contributed by atoms with van der Waals surface area (Å²) < 4.78 is 5.41. The molecular weight excluding hydrogens is 176 g/mol. The smallest absolute Gasteiger partial charge is 0.0593 e. The molecule has 3 heteroatoms. The maximum atomic E-state index is 6.13. The summed E-state index contributed by atoms with van der Waals surface area (Å²) in [5.41, 5.74) is 6.13. The lowest BCUT2D eigenvalue weighted by Gasteiger charge is -2.26. The van der Waals surface area contributed by atoms with E-state index in [0.717, 1.165) is 39.3 Å². The molecule has 1 fully saturated rings. The van der Waals surface area contributed by atoms with Gasteiger partial charge in [0, 0.05) is 32.3 Å². The summed E-state index contributed by atoms with van der Waals surface area (Å²) >= 11 is 0. The van der Waals surface area contributed by atoms with Gasteiger partial charge in [-0.25, -0.2) is 0 Å². The van der Waals surface area contributed by atoms with Crippen LogP contribution in [0.4, 0.5) is 0 Å². The third-order valence-corrected chi connectivity index (χ3v) is 3.16. The molecule has 14 heavy (non-hydrogen) atoms. The number of nitrogens with two attached hydrogens (primary N) is 1. The summed E-state index contributed by atoms with van der Waals surface area (Å²) in [6.07, 6.45) is 2.32. The normalized spacial score (nSPS) is 24.2. The van der Waals surface area contributed by atoms with Crippen molar-refractivity contribution < 1.29 is 4.74 Å². The molecule has 1 aliphatic rings. The summed E-state index contributed by atoms with van der Waals surface area (Å²) in [6, 6.07) is 0.318. The average molecular weight is 200 g/mol. The molecule has 0 bridgehead atoms. The first-order valence-electron chi connectivity index (χ1n) is 5.79. The molecule has 0 aliphatic carbocycles. The largest absolute Gasteiger partial charge is 0.380 e. The van der Waals surface area contributed by atoms with E-state index in [2.05, 4.69) is 18.7 Å². The molecule has 1 aliphatic heterocycles. The monoisotopic (exact) mass is 200 g/mol. The zero-order valence-corrected chi connectivity index (χ0v) is 9.54. The van der Waals surface area contributed by atoms with Crippen LogP contribution >= 0.6 is 0 Å². The molecule has 0 saturated carbocycles. The number of rotatable bonds is 4. The van der Waals surface area contributed by atoms with Crippen molar-refractivity contribution in [1.29, 1.82) is 0 Å². The molecule has 0 aromatic heterocycles. The van der Waals surface area contributed by atoms with E-state index >= 15 is 0 Å². The summed E-state index contributed by atoms with van der Waals surface area (Å²) in [4.78, 5) is 2.43. The van der Waals surface area contributed by atoms with Crippen LogP contribution in [0.2, 0.25) is 0 Å². The Bertz CT molecular complexity index is 144. The molecule has 1 heterocycles. The average Bonchev–Trinajstić information content (AvgIpc) is 2.45. The minimum Gasteiger partial charge on any atom is -0.380 e. The molecule has 3 nitrogen and oxygen atoms in total. The van der Waals surface area contributed by atoms with Crippen molar-refractivity contribution in [2.75, 3.05) is 32.8 Å². The molecule has 1 saturated heterocycles. The summed E-state index contributed by atoms with van der Waals surface area (Å²) in [5, 5.41) is 0. The van der Waals surface area contributed by atoms with Gasteiger partial charge in [-0.3, -0.25) is 4.90 Å². The molecule has 0 radical (unpaired) electrons. The molecule has 1 rings (SSSR count). The highest BCUT2D eigenvalue weighted by Gasteiger charge is 2.16. The number of hydrogen-bond donors (Lipinski definition) is 1. The highest BCUT2D eigenvalue weighted by Crippen LogP contribution is 2.08. The number of nitrogens with zero attached hydrogens (tertiary/aromatic N) is 1. The molecule has 0 aromatic carbocycles. The van der Waals surface area contributed by atoms with Gasteiger partial charge in [-0.1, -0.05) is 20.3 Å². The van der Waals surface area contributed by atoms with Gasteiger partial charge in [0.25, 0.3) is 0 Å². The Morgan fingerprint density at radius 3 is 2.86 bits per heavy atom. The van der Waals surface area contributed by atoms with Gasteiger partial charge in [-0.2, -0.15) is 0 Å². The van der Waals surface area contributed by atoms with Crippen LogP contribution in [0.1, 0.15) is 26.7 Å². The minimum absolute atomic E-state index is 0.318. The van der Waals surface area contributed by atoms with E-state index < -0.39 is 0 Å². The van der Waals surface area contributed by atoms with Gasteiger partial charge in [-0.15, -0.1) is 0 Å². The Balaban J connectivity index is 2.26. The Morgan fingerprint density at radius 2 is 2.14 bits per heavy atom. The second kappa shape index (κ2) is 6.38. The van der Waals surface area contributed by atoms with Crippen LogP contribution in [-0.2, 0) is 4.74 Å². The van der Waals surface area contributed by atoms with Gasteiger partial charge in [0.15, 0.2) is 0 Å². The van der Waals surface area contributed by atoms with Crippen LogP contribution in [0.3, 0.4) is 0 Å². The summed E-state index contributed by atoms with van der Waals surface area (Å²) in [6.45, 7) is 9.43. The minimum atomic E-state index is 0.318. The third-order valence-electron chi connectivity index (χ3n) is 3.16. The van der Waals surface area contributed by atoms with Crippen molar-refractivity contribution in [3.8, 4) is 0 Å². The Labute approximate surface area is 87.6 Å². The van der Waals surface area contributed by atoms with E-state index in [9.17, 15) is 0 Å². The first-order chi connectivity index (χ1) is 6.74. The van der Waals surface area contributed by atoms with E-state index in [1.165, 1.54) is 6.42 Å². The zero-order valence-electron chi connectivity index (χ0n) is 9.54. The first kappa shape index (κ1) is 12.0. The van der Waals surface area contributed by atoms with Crippen molar-refractivity contribution in [2.45, 2.75) is 32.7 Å². The second-order valence-corrected chi connectivity index (χ2v) is 4.32. The second-order valence-electron chi connectivity index (χ2n) is 4.32. The molecule has 0 aromatic rings. The lowest BCUT2D eigenvalue weighted by Crippen LogP contribution is -2.42. The predicted molar refractivity (Wildman–Crippen MR) is 59.3 cm³/mol. The van der Waals surface area contributed by atoms with Crippen LogP contribution in [0.25, 0.3) is 0 Å². The Kier molecular flexibility index (Phi) is 5.45. The van der Waals surface area contributed by atoms with Crippen molar-refractivity contribution >= 4 is 0 Å². The molecule has 2 atom stereocenters. The fourth-order valence-corrected chi connectivity index (χ4v) is 1.76. The van der Waals surface area contributed by atoms with Crippen LogP contribution in [-0.4, -0.2) is 43.8 Å². The van der Waals surface area contributed by atoms with Crippen molar-refractivity contribution in [3.63, 3.8) is 0 Å². The van der Waals surface area contributed by atoms with Gasteiger partial charge in [0.1, 0.15) is 0 Å². The summed E-state index contributed by atoms with van der Waals surface area (Å²) in [7, 11) is 0. The lowest BCUT2D eigenvalue weighted by molar-refractivity contribution is 0.139.